The lowest BCUT2D eigenvalue weighted by atomic mass is 9.62. The second kappa shape index (κ2) is 5.89. The fourth-order valence-corrected chi connectivity index (χ4v) is 3.39. The number of piperidine rings is 1. The van der Waals surface area contributed by atoms with Crippen LogP contribution >= 0.6 is 0 Å². The first-order valence-electron chi connectivity index (χ1n) is 6.87. The summed E-state index contributed by atoms with van der Waals surface area (Å²) in [7, 11) is 0. The van der Waals surface area contributed by atoms with Crippen LogP contribution in [0.15, 0.2) is 0 Å². The predicted molar refractivity (Wildman–Crippen MR) is 68.1 cm³/mol. The van der Waals surface area contributed by atoms with Crippen molar-refractivity contribution in [1.29, 1.82) is 0 Å². The van der Waals surface area contributed by atoms with E-state index in [1.165, 1.54) is 45.2 Å². The molecule has 1 heteroatoms. The molecule has 1 N–H and O–H groups in total. The fourth-order valence-electron chi connectivity index (χ4n) is 3.39. The van der Waals surface area contributed by atoms with Crippen molar-refractivity contribution in [2.75, 3.05) is 13.1 Å². The maximum absolute atomic E-state index is 3.58. The molecule has 0 bridgehead atoms. The predicted octanol–water partition coefficient (Wildman–Crippen LogP) is 3.84. The Morgan fingerprint density at radius 3 is 2.60 bits per heavy atom. The summed E-state index contributed by atoms with van der Waals surface area (Å²) in [5.74, 6) is 1.72. The number of unbranched alkanes of at least 4 members (excludes halogenated alkanes) is 1. The van der Waals surface area contributed by atoms with Gasteiger partial charge in [-0.3, -0.25) is 0 Å². The Morgan fingerprint density at radius 2 is 2.07 bits per heavy atom. The van der Waals surface area contributed by atoms with Crippen molar-refractivity contribution in [2.45, 2.75) is 59.8 Å². The molecule has 0 radical (unpaired) electrons. The topological polar surface area (TPSA) is 12.0 Å². The van der Waals surface area contributed by atoms with Gasteiger partial charge in [0, 0.05) is 0 Å². The van der Waals surface area contributed by atoms with E-state index in [1.54, 1.807) is 0 Å². The molecule has 2 unspecified atom stereocenters. The van der Waals surface area contributed by atoms with Crippen LogP contribution in [0.3, 0.4) is 0 Å². The molecule has 0 saturated carbocycles. The molecule has 1 saturated heterocycles. The zero-order valence-electron chi connectivity index (χ0n) is 11.1. The van der Waals surface area contributed by atoms with Gasteiger partial charge in [0.2, 0.25) is 0 Å². The normalized spacial score (nSPS) is 32.2. The Hall–Kier alpha value is -0.0400. The molecule has 1 aliphatic rings. The van der Waals surface area contributed by atoms with Crippen LogP contribution in [0, 0.1) is 17.3 Å². The van der Waals surface area contributed by atoms with E-state index in [0.29, 0.717) is 5.41 Å². The summed E-state index contributed by atoms with van der Waals surface area (Å²) in [5.41, 5.74) is 0.648. The van der Waals surface area contributed by atoms with Gasteiger partial charge in [-0.1, -0.05) is 47.0 Å². The molecule has 1 fully saturated rings. The Balaban J connectivity index is 2.70. The first-order valence-corrected chi connectivity index (χ1v) is 6.87. The summed E-state index contributed by atoms with van der Waals surface area (Å²) in [6.45, 7) is 12.0. The quantitative estimate of drug-likeness (QED) is 0.728. The maximum Gasteiger partial charge on any atom is -0.00127 e. The average Bonchev–Trinajstić information content (AvgIpc) is 2.26. The van der Waals surface area contributed by atoms with Crippen LogP contribution in [0.25, 0.3) is 0 Å². The number of hydrogen-bond acceptors (Lipinski definition) is 1. The van der Waals surface area contributed by atoms with Crippen molar-refractivity contribution in [3.05, 3.63) is 0 Å². The van der Waals surface area contributed by atoms with E-state index in [1.807, 2.05) is 0 Å². The van der Waals surface area contributed by atoms with Gasteiger partial charge in [0.1, 0.15) is 0 Å². The minimum Gasteiger partial charge on any atom is -0.316 e. The Labute approximate surface area is 96.0 Å². The van der Waals surface area contributed by atoms with Gasteiger partial charge in [0.15, 0.2) is 0 Å². The lowest BCUT2D eigenvalue weighted by molar-refractivity contribution is 0.0540. The summed E-state index contributed by atoms with van der Waals surface area (Å²) >= 11 is 0. The summed E-state index contributed by atoms with van der Waals surface area (Å²) < 4.78 is 0. The Kier molecular flexibility index (Phi) is 5.11. The van der Waals surface area contributed by atoms with E-state index in [2.05, 4.69) is 33.0 Å². The van der Waals surface area contributed by atoms with E-state index in [4.69, 9.17) is 0 Å². The van der Waals surface area contributed by atoms with Crippen molar-refractivity contribution in [3.63, 3.8) is 0 Å². The van der Waals surface area contributed by atoms with E-state index >= 15 is 0 Å². The van der Waals surface area contributed by atoms with Crippen molar-refractivity contribution in [1.82, 2.24) is 5.32 Å². The highest BCUT2D eigenvalue weighted by Crippen LogP contribution is 2.45. The van der Waals surface area contributed by atoms with Gasteiger partial charge in [-0.15, -0.1) is 0 Å². The highest BCUT2D eigenvalue weighted by Gasteiger charge is 2.39. The van der Waals surface area contributed by atoms with Crippen LogP contribution < -0.4 is 5.32 Å². The first-order chi connectivity index (χ1) is 7.16. The molecule has 0 aromatic carbocycles. The first kappa shape index (κ1) is 13.0. The summed E-state index contributed by atoms with van der Waals surface area (Å²) in [5, 5.41) is 3.58. The molecule has 1 nitrogen and oxygen atoms in total. The van der Waals surface area contributed by atoms with Gasteiger partial charge in [0.25, 0.3) is 0 Å². The van der Waals surface area contributed by atoms with E-state index in [0.717, 1.165) is 11.8 Å². The minimum atomic E-state index is 0.648. The number of nitrogens with one attached hydrogen (secondary N) is 1. The van der Waals surface area contributed by atoms with Gasteiger partial charge in [-0.25, -0.2) is 0 Å². The molecule has 0 aliphatic carbocycles. The minimum absolute atomic E-state index is 0.648. The van der Waals surface area contributed by atoms with Crippen LogP contribution in [0.2, 0.25) is 0 Å². The standard InChI is InChI=1S/C14H29N/c1-5-7-8-14(6-2)9-10-15-11-13(14)12(3)4/h12-13,15H,5-11H2,1-4H3. The second-order valence-corrected chi connectivity index (χ2v) is 5.62. The third kappa shape index (κ3) is 2.96. The van der Waals surface area contributed by atoms with Gasteiger partial charge < -0.3 is 5.32 Å². The van der Waals surface area contributed by atoms with Gasteiger partial charge in [0.05, 0.1) is 0 Å². The molecular formula is C14H29N. The summed E-state index contributed by atoms with van der Waals surface area (Å²) in [6.07, 6.45) is 6.98. The molecule has 1 aliphatic heterocycles. The largest absolute Gasteiger partial charge is 0.316 e. The van der Waals surface area contributed by atoms with Crippen molar-refractivity contribution >= 4 is 0 Å². The zero-order valence-corrected chi connectivity index (χ0v) is 11.1. The van der Waals surface area contributed by atoms with E-state index < -0.39 is 0 Å². The van der Waals surface area contributed by atoms with Crippen LogP contribution in [0.4, 0.5) is 0 Å². The smallest absolute Gasteiger partial charge is 0.00127 e. The maximum atomic E-state index is 3.58. The second-order valence-electron chi connectivity index (χ2n) is 5.62. The van der Waals surface area contributed by atoms with Crippen LogP contribution in [-0.4, -0.2) is 13.1 Å². The van der Waals surface area contributed by atoms with Crippen LogP contribution in [0.1, 0.15) is 59.8 Å². The van der Waals surface area contributed by atoms with E-state index in [9.17, 15) is 0 Å². The Bertz CT molecular complexity index is 176. The molecule has 90 valence electrons. The van der Waals surface area contributed by atoms with Gasteiger partial charge >= 0.3 is 0 Å². The average molecular weight is 211 g/mol. The highest BCUT2D eigenvalue weighted by atomic mass is 14.9. The molecule has 1 rings (SSSR count). The Morgan fingerprint density at radius 1 is 1.33 bits per heavy atom. The number of rotatable bonds is 5. The zero-order chi connectivity index (χ0) is 11.3. The SMILES string of the molecule is CCCCC1(CC)CCNCC1C(C)C. The lowest BCUT2D eigenvalue weighted by Gasteiger charge is -2.46. The van der Waals surface area contributed by atoms with Crippen LogP contribution in [0.5, 0.6) is 0 Å². The summed E-state index contributed by atoms with van der Waals surface area (Å²) in [4.78, 5) is 0. The van der Waals surface area contributed by atoms with Crippen LogP contribution in [-0.2, 0) is 0 Å². The molecule has 0 aromatic heterocycles. The van der Waals surface area contributed by atoms with Crippen molar-refractivity contribution < 1.29 is 0 Å². The highest BCUT2D eigenvalue weighted by molar-refractivity contribution is 4.92. The fraction of sp³-hybridized carbons (Fsp3) is 1.00. The van der Waals surface area contributed by atoms with Crippen molar-refractivity contribution in [3.8, 4) is 0 Å². The lowest BCUT2D eigenvalue weighted by Crippen LogP contribution is -2.47. The number of hydrogen-bond donors (Lipinski definition) is 1. The van der Waals surface area contributed by atoms with Gasteiger partial charge in [-0.05, 0) is 43.2 Å². The third-order valence-corrected chi connectivity index (χ3v) is 4.49. The monoisotopic (exact) mass is 211 g/mol. The van der Waals surface area contributed by atoms with Gasteiger partial charge in [-0.2, -0.15) is 0 Å². The molecule has 0 spiro atoms. The molecule has 15 heavy (non-hydrogen) atoms. The van der Waals surface area contributed by atoms with E-state index in [-0.39, 0.29) is 0 Å². The van der Waals surface area contributed by atoms with Crippen molar-refractivity contribution in [2.24, 2.45) is 17.3 Å². The third-order valence-electron chi connectivity index (χ3n) is 4.49. The molecular weight excluding hydrogens is 182 g/mol. The molecule has 0 amide bonds. The molecule has 2 atom stereocenters. The molecule has 1 heterocycles. The molecule has 0 aromatic rings. The summed E-state index contributed by atoms with van der Waals surface area (Å²) in [6, 6.07) is 0.